The predicted molar refractivity (Wildman–Crippen MR) is 58.4 cm³/mol. The Hall–Kier alpha value is -0.0500. The molecule has 0 aliphatic carbocycles. The molecular formula is C6H9NO4S3. The second kappa shape index (κ2) is 5.15. The fraction of sp³-hybridized carbons (Fsp3) is 0.667. The van der Waals surface area contributed by atoms with Gasteiger partial charge in [0.1, 0.15) is 4.38 Å². The summed E-state index contributed by atoms with van der Waals surface area (Å²) in [7, 11) is -3.86. The number of amides is 1. The third-order valence-corrected chi connectivity index (χ3v) is 4.38. The monoisotopic (exact) mass is 255 g/mol. The van der Waals surface area contributed by atoms with Crippen molar-refractivity contribution < 1.29 is 17.8 Å². The van der Waals surface area contributed by atoms with E-state index in [0.29, 0.717) is 22.3 Å². The van der Waals surface area contributed by atoms with Crippen LogP contribution in [0.4, 0.5) is 0 Å². The van der Waals surface area contributed by atoms with E-state index in [1.807, 2.05) is 0 Å². The summed E-state index contributed by atoms with van der Waals surface area (Å²) >= 11 is 2.70. The summed E-state index contributed by atoms with van der Waals surface area (Å²) in [5.74, 6) is 0.526. The van der Waals surface area contributed by atoms with Crippen LogP contribution >= 0.6 is 23.5 Å². The van der Waals surface area contributed by atoms with E-state index < -0.39 is 10.1 Å². The maximum Gasteiger partial charge on any atom is 0.264 e. The van der Waals surface area contributed by atoms with E-state index in [1.54, 1.807) is 0 Å². The molecule has 0 aromatic carbocycles. The molecule has 1 aliphatic heterocycles. The fourth-order valence-corrected chi connectivity index (χ4v) is 3.32. The lowest BCUT2D eigenvalue weighted by molar-refractivity contribution is -0.115. The van der Waals surface area contributed by atoms with Gasteiger partial charge in [-0.2, -0.15) is 13.4 Å². The lowest BCUT2D eigenvalue weighted by atomic mass is 10.6. The van der Waals surface area contributed by atoms with Gasteiger partial charge in [-0.15, -0.1) is 0 Å². The van der Waals surface area contributed by atoms with Gasteiger partial charge in [0.15, 0.2) is 0 Å². The number of hydrogen-bond acceptors (Lipinski definition) is 5. The Morgan fingerprint density at radius 2 is 2.29 bits per heavy atom. The molecule has 8 heteroatoms. The van der Waals surface area contributed by atoms with Crippen molar-refractivity contribution in [2.75, 3.05) is 17.3 Å². The average Bonchev–Trinajstić information content (AvgIpc) is 2.44. The highest BCUT2D eigenvalue weighted by atomic mass is 32.2. The van der Waals surface area contributed by atoms with Crippen molar-refractivity contribution in [3.05, 3.63) is 0 Å². The van der Waals surface area contributed by atoms with Crippen molar-refractivity contribution in [2.45, 2.75) is 6.42 Å². The highest BCUT2D eigenvalue weighted by Crippen LogP contribution is 2.23. The average molecular weight is 255 g/mol. The molecular weight excluding hydrogens is 246 g/mol. The van der Waals surface area contributed by atoms with Crippen molar-refractivity contribution in [1.82, 2.24) is 0 Å². The van der Waals surface area contributed by atoms with Crippen LogP contribution < -0.4 is 0 Å². The van der Waals surface area contributed by atoms with Crippen LogP contribution in [-0.2, 0) is 14.9 Å². The number of hydrogen-bond donors (Lipinski definition) is 1. The minimum absolute atomic E-state index is 0.146. The number of carbonyl (C=O) groups excluding carboxylic acids is 1. The van der Waals surface area contributed by atoms with Crippen molar-refractivity contribution in [1.29, 1.82) is 0 Å². The van der Waals surface area contributed by atoms with E-state index in [-0.39, 0.29) is 11.7 Å². The molecule has 14 heavy (non-hydrogen) atoms. The van der Waals surface area contributed by atoms with E-state index in [2.05, 4.69) is 4.99 Å². The first-order valence-corrected chi connectivity index (χ1v) is 7.38. The third kappa shape index (κ3) is 4.99. The van der Waals surface area contributed by atoms with Gasteiger partial charge in [-0.1, -0.05) is 23.5 Å². The maximum absolute atomic E-state index is 10.7. The molecule has 0 fully saturated rings. The van der Waals surface area contributed by atoms with Gasteiger partial charge in [0.2, 0.25) is 0 Å². The summed E-state index contributed by atoms with van der Waals surface area (Å²) < 4.78 is 29.8. The van der Waals surface area contributed by atoms with E-state index in [9.17, 15) is 13.2 Å². The number of carbonyl (C=O) groups is 1. The maximum atomic E-state index is 10.7. The third-order valence-electron chi connectivity index (χ3n) is 1.31. The van der Waals surface area contributed by atoms with Gasteiger partial charge < -0.3 is 0 Å². The van der Waals surface area contributed by atoms with Gasteiger partial charge in [-0.3, -0.25) is 9.35 Å². The van der Waals surface area contributed by atoms with Crippen LogP contribution in [-0.4, -0.2) is 40.5 Å². The topological polar surface area (TPSA) is 83.8 Å². The summed E-state index contributed by atoms with van der Waals surface area (Å²) in [6.45, 7) is 0. The van der Waals surface area contributed by atoms with Gasteiger partial charge in [0, 0.05) is 5.75 Å². The standard InChI is InChI=1S/C6H9NO4S3/c8-5-4-13-6(7-5)12-2-1-3-14(9,10)11/h1-4H2,(H,9,10,11). The first-order valence-electron chi connectivity index (χ1n) is 3.80. The molecule has 0 saturated heterocycles. The minimum atomic E-state index is -3.86. The second-order valence-corrected chi connectivity index (χ2v) is 6.43. The molecule has 5 nitrogen and oxygen atoms in total. The van der Waals surface area contributed by atoms with E-state index >= 15 is 0 Å². The molecule has 0 atom stereocenters. The summed E-state index contributed by atoms with van der Waals surface area (Å²) in [5, 5.41) is 0. The zero-order valence-corrected chi connectivity index (χ0v) is 9.62. The van der Waals surface area contributed by atoms with Crippen molar-refractivity contribution in [3.8, 4) is 0 Å². The van der Waals surface area contributed by atoms with E-state index in [1.165, 1.54) is 23.5 Å². The van der Waals surface area contributed by atoms with Crippen molar-refractivity contribution in [3.63, 3.8) is 0 Å². The van der Waals surface area contributed by atoms with Gasteiger partial charge in [-0.25, -0.2) is 0 Å². The molecule has 1 heterocycles. The Morgan fingerprint density at radius 3 is 2.79 bits per heavy atom. The highest BCUT2D eigenvalue weighted by molar-refractivity contribution is 8.39. The van der Waals surface area contributed by atoms with Gasteiger partial charge >= 0.3 is 0 Å². The summed E-state index contributed by atoms with van der Waals surface area (Å²) in [6.07, 6.45) is 0.358. The molecule has 1 rings (SSSR count). The Kier molecular flexibility index (Phi) is 4.42. The van der Waals surface area contributed by atoms with E-state index in [4.69, 9.17) is 4.55 Å². The normalized spacial score (nSPS) is 17.2. The smallest absolute Gasteiger partial charge is 0.264 e. The number of nitrogens with zero attached hydrogens (tertiary/aromatic N) is 1. The number of rotatable bonds is 4. The summed E-state index contributed by atoms with van der Waals surface area (Å²) in [4.78, 5) is 14.4. The van der Waals surface area contributed by atoms with Crippen LogP contribution in [0.15, 0.2) is 4.99 Å². The van der Waals surface area contributed by atoms with Crippen molar-refractivity contribution >= 4 is 43.9 Å². The van der Waals surface area contributed by atoms with Gasteiger partial charge in [0.05, 0.1) is 11.5 Å². The predicted octanol–water partition coefficient (Wildman–Crippen LogP) is 0.627. The van der Waals surface area contributed by atoms with Crippen LogP contribution in [0.2, 0.25) is 0 Å². The summed E-state index contributed by atoms with van der Waals surface area (Å²) in [5.41, 5.74) is 0. The van der Waals surface area contributed by atoms with Crippen LogP contribution in [0.5, 0.6) is 0 Å². The van der Waals surface area contributed by atoms with Crippen LogP contribution in [0.25, 0.3) is 0 Å². The molecule has 1 amide bonds. The zero-order valence-electron chi connectivity index (χ0n) is 7.17. The molecule has 0 spiro atoms. The molecule has 0 aromatic heterocycles. The van der Waals surface area contributed by atoms with Gasteiger partial charge in [0.25, 0.3) is 16.0 Å². The minimum Gasteiger partial charge on any atom is -0.286 e. The lowest BCUT2D eigenvalue weighted by Crippen LogP contribution is -2.04. The van der Waals surface area contributed by atoms with E-state index in [0.717, 1.165) is 0 Å². The quantitative estimate of drug-likeness (QED) is 0.586. The molecule has 0 saturated carbocycles. The molecule has 1 N–H and O–H groups in total. The SMILES string of the molecule is O=C1CSC(SCCCS(=O)(=O)O)=N1. The van der Waals surface area contributed by atoms with Crippen LogP contribution in [0.3, 0.4) is 0 Å². The molecule has 1 aliphatic rings. The molecule has 80 valence electrons. The lowest BCUT2D eigenvalue weighted by Gasteiger charge is -1.97. The second-order valence-electron chi connectivity index (χ2n) is 2.55. The highest BCUT2D eigenvalue weighted by Gasteiger charge is 2.15. The van der Waals surface area contributed by atoms with Gasteiger partial charge in [-0.05, 0) is 6.42 Å². The van der Waals surface area contributed by atoms with Crippen molar-refractivity contribution in [2.24, 2.45) is 4.99 Å². The Labute approximate surface area is 90.5 Å². The molecule has 0 aromatic rings. The molecule has 0 radical (unpaired) electrons. The fourth-order valence-electron chi connectivity index (χ4n) is 0.765. The Bertz CT molecular complexity index is 348. The zero-order chi connectivity index (χ0) is 10.6. The molecule has 0 unspecified atom stereocenters. The molecule has 0 bridgehead atoms. The summed E-state index contributed by atoms with van der Waals surface area (Å²) in [6, 6.07) is 0. The van der Waals surface area contributed by atoms with Crippen LogP contribution in [0, 0.1) is 0 Å². The Balaban J connectivity index is 2.17. The number of thioether (sulfide) groups is 2. The first-order chi connectivity index (χ1) is 6.47. The Morgan fingerprint density at radius 1 is 1.57 bits per heavy atom. The largest absolute Gasteiger partial charge is 0.286 e. The number of aliphatic imine (C=N–C) groups is 1. The van der Waals surface area contributed by atoms with Crippen LogP contribution in [0.1, 0.15) is 6.42 Å². The first kappa shape index (κ1) is 12.0.